The van der Waals surface area contributed by atoms with Gasteiger partial charge in [-0.05, 0) is 23.8 Å². The number of rotatable bonds is 6. The summed E-state index contributed by atoms with van der Waals surface area (Å²) in [6.45, 7) is 0.703. The van der Waals surface area contributed by atoms with E-state index in [0.29, 0.717) is 6.54 Å². The van der Waals surface area contributed by atoms with Gasteiger partial charge in [0.25, 0.3) is 0 Å². The third kappa shape index (κ3) is 3.67. The molecule has 3 N–H and O–H groups in total. The minimum absolute atomic E-state index is 0.0411. The van der Waals surface area contributed by atoms with Crippen LogP contribution in [0.2, 0.25) is 0 Å². The molecule has 0 aliphatic carbocycles. The number of H-pyrrole nitrogens is 1. The molecule has 0 atom stereocenters. The van der Waals surface area contributed by atoms with E-state index in [-0.39, 0.29) is 12.5 Å². The van der Waals surface area contributed by atoms with E-state index in [0.717, 1.165) is 27.8 Å². The number of hydrogen-bond donors (Lipinski definition) is 3. The Morgan fingerprint density at radius 1 is 1.22 bits per heavy atom. The van der Waals surface area contributed by atoms with Crippen LogP contribution in [-0.4, -0.2) is 29.8 Å². The fourth-order valence-electron chi connectivity index (χ4n) is 2.41. The molecule has 118 valence electrons. The smallest absolute Gasteiger partial charge is 0.250 e. The zero-order valence-electron chi connectivity index (χ0n) is 12.8. The van der Waals surface area contributed by atoms with E-state index in [1.807, 2.05) is 42.6 Å². The molecular weight excluding hydrogens is 292 g/mol. The summed E-state index contributed by atoms with van der Waals surface area (Å²) in [6.07, 6.45) is 1.81. The first-order valence-electron chi connectivity index (χ1n) is 7.30. The van der Waals surface area contributed by atoms with Crippen molar-refractivity contribution >= 4 is 28.2 Å². The molecule has 3 rings (SSSR count). The first-order chi connectivity index (χ1) is 11.3. The maximum Gasteiger partial charge on any atom is 0.250 e. The summed E-state index contributed by atoms with van der Waals surface area (Å²) in [7, 11) is 1.49. The Bertz CT molecular complexity index is 813. The summed E-state index contributed by atoms with van der Waals surface area (Å²) in [5.74, 6) is -0.174. The quantitative estimate of drug-likeness (QED) is 0.654. The van der Waals surface area contributed by atoms with Crippen LogP contribution in [0.15, 0.2) is 48.7 Å². The highest BCUT2D eigenvalue weighted by Crippen LogP contribution is 2.19. The molecule has 6 nitrogen and oxygen atoms in total. The van der Waals surface area contributed by atoms with Gasteiger partial charge in [-0.3, -0.25) is 9.89 Å². The third-order valence-corrected chi connectivity index (χ3v) is 3.47. The van der Waals surface area contributed by atoms with E-state index in [1.165, 1.54) is 7.11 Å². The van der Waals surface area contributed by atoms with Crippen molar-refractivity contribution in [1.82, 2.24) is 10.2 Å². The first-order valence-corrected chi connectivity index (χ1v) is 7.30. The number of fused-ring (bicyclic) bond motifs is 1. The highest BCUT2D eigenvalue weighted by atomic mass is 16.5. The molecule has 0 aliphatic rings. The number of aromatic nitrogens is 2. The minimum atomic E-state index is -0.174. The molecule has 0 spiro atoms. The second kappa shape index (κ2) is 6.93. The van der Waals surface area contributed by atoms with E-state index >= 15 is 0 Å². The van der Waals surface area contributed by atoms with Gasteiger partial charge >= 0.3 is 0 Å². The summed E-state index contributed by atoms with van der Waals surface area (Å²) >= 11 is 0. The standard InChI is InChI=1S/C17H18N4O2/c1-23-11-16(22)20-15-7-3-6-14(8-15)18-9-12-4-2-5-13-10-19-21-17(12)13/h2-8,10,18H,9,11H2,1H3,(H,19,21)(H,20,22). The minimum Gasteiger partial charge on any atom is -0.381 e. The highest BCUT2D eigenvalue weighted by Gasteiger charge is 2.04. The summed E-state index contributed by atoms with van der Waals surface area (Å²) in [5, 5.41) is 14.3. The average Bonchev–Trinajstić information content (AvgIpc) is 3.02. The van der Waals surface area contributed by atoms with Crippen molar-refractivity contribution in [1.29, 1.82) is 0 Å². The van der Waals surface area contributed by atoms with Gasteiger partial charge < -0.3 is 15.4 Å². The van der Waals surface area contributed by atoms with E-state index in [9.17, 15) is 4.79 Å². The van der Waals surface area contributed by atoms with Crippen molar-refractivity contribution in [3.05, 3.63) is 54.2 Å². The van der Waals surface area contributed by atoms with Crippen LogP contribution in [-0.2, 0) is 16.1 Å². The molecule has 0 saturated carbocycles. The summed E-state index contributed by atoms with van der Waals surface area (Å²) < 4.78 is 4.81. The van der Waals surface area contributed by atoms with Gasteiger partial charge in [0.2, 0.25) is 5.91 Å². The van der Waals surface area contributed by atoms with E-state index in [4.69, 9.17) is 4.74 Å². The number of anilines is 2. The Hall–Kier alpha value is -2.86. The van der Waals surface area contributed by atoms with Crippen LogP contribution in [0.5, 0.6) is 0 Å². The Kier molecular flexibility index (Phi) is 4.54. The number of ether oxygens (including phenoxy) is 1. The van der Waals surface area contributed by atoms with Crippen LogP contribution in [0.3, 0.4) is 0 Å². The molecule has 0 aliphatic heterocycles. The van der Waals surface area contributed by atoms with Crippen molar-refractivity contribution in [3.63, 3.8) is 0 Å². The fraction of sp³-hybridized carbons (Fsp3) is 0.176. The molecule has 0 saturated heterocycles. The summed E-state index contributed by atoms with van der Waals surface area (Å²) in [5.41, 5.74) is 3.83. The lowest BCUT2D eigenvalue weighted by molar-refractivity contribution is -0.119. The molecule has 23 heavy (non-hydrogen) atoms. The molecule has 1 heterocycles. The number of carbonyl (C=O) groups excluding carboxylic acids is 1. The van der Waals surface area contributed by atoms with Gasteiger partial charge in [-0.1, -0.05) is 24.3 Å². The number of para-hydroxylation sites is 1. The second-order valence-electron chi connectivity index (χ2n) is 5.17. The molecule has 3 aromatic rings. The molecule has 0 fully saturated rings. The van der Waals surface area contributed by atoms with Gasteiger partial charge in [-0.15, -0.1) is 0 Å². The molecule has 6 heteroatoms. The summed E-state index contributed by atoms with van der Waals surface area (Å²) in [4.78, 5) is 11.6. The molecule has 0 radical (unpaired) electrons. The van der Waals surface area contributed by atoms with Crippen molar-refractivity contribution in [2.24, 2.45) is 0 Å². The van der Waals surface area contributed by atoms with Gasteiger partial charge in [0, 0.05) is 30.4 Å². The Balaban J connectivity index is 1.68. The Morgan fingerprint density at radius 3 is 2.91 bits per heavy atom. The maximum absolute atomic E-state index is 11.6. The number of carbonyl (C=O) groups is 1. The number of aromatic amines is 1. The number of benzene rings is 2. The molecular formula is C17H18N4O2. The third-order valence-electron chi connectivity index (χ3n) is 3.47. The highest BCUT2D eigenvalue weighted by molar-refractivity contribution is 5.92. The molecule has 1 aromatic heterocycles. The largest absolute Gasteiger partial charge is 0.381 e. The zero-order valence-corrected chi connectivity index (χ0v) is 12.8. The normalized spacial score (nSPS) is 10.7. The van der Waals surface area contributed by atoms with E-state index in [2.05, 4.69) is 26.9 Å². The molecule has 0 bridgehead atoms. The maximum atomic E-state index is 11.6. The lowest BCUT2D eigenvalue weighted by atomic mass is 10.1. The first kappa shape index (κ1) is 15.1. The topological polar surface area (TPSA) is 79.0 Å². The van der Waals surface area contributed by atoms with E-state index < -0.39 is 0 Å². The molecule has 0 unspecified atom stereocenters. The predicted molar refractivity (Wildman–Crippen MR) is 90.4 cm³/mol. The second-order valence-corrected chi connectivity index (χ2v) is 5.17. The van der Waals surface area contributed by atoms with Crippen LogP contribution in [0.25, 0.3) is 10.9 Å². The van der Waals surface area contributed by atoms with Crippen molar-refractivity contribution in [2.75, 3.05) is 24.4 Å². The lowest BCUT2D eigenvalue weighted by Crippen LogP contribution is -2.17. The average molecular weight is 310 g/mol. The number of amides is 1. The van der Waals surface area contributed by atoms with Crippen LogP contribution < -0.4 is 10.6 Å². The van der Waals surface area contributed by atoms with Crippen molar-refractivity contribution < 1.29 is 9.53 Å². The van der Waals surface area contributed by atoms with Crippen LogP contribution in [0.1, 0.15) is 5.56 Å². The lowest BCUT2D eigenvalue weighted by Gasteiger charge is -2.10. The Labute approximate surface area is 133 Å². The number of nitrogens with one attached hydrogen (secondary N) is 3. The summed E-state index contributed by atoms with van der Waals surface area (Å²) in [6, 6.07) is 13.7. The van der Waals surface area contributed by atoms with Crippen molar-refractivity contribution in [3.8, 4) is 0 Å². The number of nitrogens with zero attached hydrogens (tertiary/aromatic N) is 1. The fourth-order valence-corrected chi connectivity index (χ4v) is 2.41. The van der Waals surface area contributed by atoms with Gasteiger partial charge in [0.1, 0.15) is 6.61 Å². The van der Waals surface area contributed by atoms with Crippen LogP contribution in [0, 0.1) is 0 Å². The predicted octanol–water partition coefficient (Wildman–Crippen LogP) is 2.76. The Morgan fingerprint density at radius 2 is 2.04 bits per heavy atom. The SMILES string of the molecule is COCC(=O)Nc1cccc(NCc2cccc3cn[nH]c23)c1. The van der Waals surface area contributed by atoms with Crippen molar-refractivity contribution in [2.45, 2.75) is 6.54 Å². The van der Waals surface area contributed by atoms with Gasteiger partial charge in [-0.2, -0.15) is 5.10 Å². The van der Waals surface area contributed by atoms with E-state index in [1.54, 1.807) is 0 Å². The number of methoxy groups -OCH3 is 1. The van der Waals surface area contributed by atoms with Gasteiger partial charge in [-0.25, -0.2) is 0 Å². The number of hydrogen-bond acceptors (Lipinski definition) is 4. The molecule has 2 aromatic carbocycles. The zero-order chi connectivity index (χ0) is 16.1. The van der Waals surface area contributed by atoms with Gasteiger partial charge in [0.05, 0.1) is 11.7 Å². The molecule has 1 amide bonds. The van der Waals surface area contributed by atoms with Crippen LogP contribution in [0.4, 0.5) is 11.4 Å². The van der Waals surface area contributed by atoms with Gasteiger partial charge in [0.15, 0.2) is 0 Å². The van der Waals surface area contributed by atoms with Crippen LogP contribution >= 0.6 is 0 Å². The monoisotopic (exact) mass is 310 g/mol.